The highest BCUT2D eigenvalue weighted by Crippen LogP contribution is 2.15. The maximum atomic E-state index is 4.42. The van der Waals surface area contributed by atoms with Gasteiger partial charge in [-0.15, -0.1) is 11.3 Å². The molecule has 1 aliphatic rings. The molecule has 0 bridgehead atoms. The van der Waals surface area contributed by atoms with Crippen LogP contribution < -0.4 is 10.6 Å². The van der Waals surface area contributed by atoms with Gasteiger partial charge in [-0.05, 0) is 38.3 Å². The van der Waals surface area contributed by atoms with E-state index < -0.39 is 0 Å². The molecule has 1 aliphatic heterocycles. The van der Waals surface area contributed by atoms with Crippen LogP contribution >= 0.6 is 11.3 Å². The zero-order valence-electron chi connectivity index (χ0n) is 14.1. The molecule has 1 fully saturated rings. The zero-order valence-corrected chi connectivity index (χ0v) is 14.9. The molecule has 0 radical (unpaired) electrons. The standard InChI is InChI=1S/C16H29N5S/c1-4-14-11-19-15(22-14)12-20-16(17-3)18-7-10-21-8-5-13(2)6-9-21/h11,13H,4-10,12H2,1-3H3,(H2,17,18,20). The van der Waals surface area contributed by atoms with Gasteiger partial charge in [0.1, 0.15) is 5.01 Å². The van der Waals surface area contributed by atoms with E-state index in [1.165, 1.54) is 30.8 Å². The first-order valence-electron chi connectivity index (χ1n) is 8.31. The SMILES string of the molecule is CCc1cnc(CNC(=NC)NCCN2CCC(C)CC2)s1. The highest BCUT2D eigenvalue weighted by Gasteiger charge is 2.14. The fraction of sp³-hybridized carbons (Fsp3) is 0.750. The number of nitrogens with one attached hydrogen (secondary N) is 2. The van der Waals surface area contributed by atoms with Crippen molar-refractivity contribution in [3.63, 3.8) is 0 Å². The molecular formula is C16H29N5S. The van der Waals surface area contributed by atoms with Crippen LogP contribution in [0.5, 0.6) is 0 Å². The number of hydrogen-bond acceptors (Lipinski definition) is 4. The summed E-state index contributed by atoms with van der Waals surface area (Å²) < 4.78 is 0. The molecule has 22 heavy (non-hydrogen) atoms. The van der Waals surface area contributed by atoms with E-state index in [-0.39, 0.29) is 0 Å². The Labute approximate surface area is 138 Å². The second-order valence-corrected chi connectivity index (χ2v) is 7.15. The summed E-state index contributed by atoms with van der Waals surface area (Å²) in [6.45, 7) is 9.74. The first-order chi connectivity index (χ1) is 10.7. The summed E-state index contributed by atoms with van der Waals surface area (Å²) in [4.78, 5) is 12.6. The number of rotatable bonds is 6. The van der Waals surface area contributed by atoms with Crippen molar-refractivity contribution in [2.24, 2.45) is 10.9 Å². The summed E-state index contributed by atoms with van der Waals surface area (Å²) in [5.74, 6) is 1.75. The van der Waals surface area contributed by atoms with Crippen LogP contribution in [0.2, 0.25) is 0 Å². The first kappa shape index (κ1) is 17.2. The van der Waals surface area contributed by atoms with Crippen molar-refractivity contribution in [2.45, 2.75) is 39.7 Å². The van der Waals surface area contributed by atoms with Crippen LogP contribution in [0.3, 0.4) is 0 Å². The Hall–Kier alpha value is -1.14. The largest absolute Gasteiger partial charge is 0.355 e. The van der Waals surface area contributed by atoms with Gasteiger partial charge in [0.25, 0.3) is 0 Å². The molecule has 2 heterocycles. The molecule has 1 aromatic heterocycles. The Morgan fingerprint density at radius 2 is 2.18 bits per heavy atom. The second-order valence-electron chi connectivity index (χ2n) is 5.95. The molecule has 0 saturated carbocycles. The quantitative estimate of drug-likeness (QED) is 0.622. The molecule has 0 unspecified atom stereocenters. The van der Waals surface area contributed by atoms with Crippen molar-refractivity contribution in [2.75, 3.05) is 33.2 Å². The smallest absolute Gasteiger partial charge is 0.191 e. The van der Waals surface area contributed by atoms with E-state index in [2.05, 4.69) is 39.4 Å². The van der Waals surface area contributed by atoms with Crippen LogP contribution in [0, 0.1) is 5.92 Å². The average Bonchev–Trinajstić information content (AvgIpc) is 3.00. The normalized spacial score (nSPS) is 17.7. The number of piperidine rings is 1. The summed E-state index contributed by atoms with van der Waals surface area (Å²) in [5.41, 5.74) is 0. The van der Waals surface area contributed by atoms with Gasteiger partial charge in [-0.2, -0.15) is 0 Å². The lowest BCUT2D eigenvalue weighted by atomic mass is 9.99. The third-order valence-corrected chi connectivity index (χ3v) is 5.32. The molecule has 0 atom stereocenters. The number of aliphatic imine (C=N–C) groups is 1. The molecule has 1 saturated heterocycles. The van der Waals surface area contributed by atoms with Gasteiger partial charge in [-0.3, -0.25) is 4.99 Å². The Bertz CT molecular complexity index is 463. The van der Waals surface area contributed by atoms with E-state index in [9.17, 15) is 0 Å². The molecule has 2 N–H and O–H groups in total. The summed E-state index contributed by atoms with van der Waals surface area (Å²) in [6, 6.07) is 0. The number of guanidine groups is 1. The van der Waals surface area contributed by atoms with E-state index in [1.807, 2.05) is 13.2 Å². The van der Waals surface area contributed by atoms with Gasteiger partial charge in [0.15, 0.2) is 5.96 Å². The maximum Gasteiger partial charge on any atom is 0.191 e. The molecule has 2 rings (SSSR count). The van der Waals surface area contributed by atoms with Crippen molar-refractivity contribution in [3.8, 4) is 0 Å². The topological polar surface area (TPSA) is 52.6 Å². The average molecular weight is 324 g/mol. The van der Waals surface area contributed by atoms with Crippen LogP contribution in [0.15, 0.2) is 11.2 Å². The maximum absolute atomic E-state index is 4.42. The van der Waals surface area contributed by atoms with E-state index in [0.29, 0.717) is 0 Å². The van der Waals surface area contributed by atoms with E-state index in [4.69, 9.17) is 0 Å². The van der Waals surface area contributed by atoms with Gasteiger partial charge < -0.3 is 15.5 Å². The lowest BCUT2D eigenvalue weighted by Crippen LogP contribution is -2.43. The summed E-state index contributed by atoms with van der Waals surface area (Å²) in [6.07, 6.45) is 5.68. The van der Waals surface area contributed by atoms with Crippen LogP contribution in [0.1, 0.15) is 36.6 Å². The Balaban J connectivity index is 1.64. The van der Waals surface area contributed by atoms with E-state index >= 15 is 0 Å². The number of likely N-dealkylation sites (tertiary alicyclic amines) is 1. The van der Waals surface area contributed by atoms with Gasteiger partial charge in [0, 0.05) is 31.2 Å². The summed E-state index contributed by atoms with van der Waals surface area (Å²) in [5, 5.41) is 7.84. The highest BCUT2D eigenvalue weighted by atomic mass is 32.1. The van der Waals surface area contributed by atoms with Gasteiger partial charge in [-0.25, -0.2) is 4.98 Å². The van der Waals surface area contributed by atoms with Crippen LogP contribution in [0.25, 0.3) is 0 Å². The van der Waals surface area contributed by atoms with Crippen molar-refractivity contribution < 1.29 is 0 Å². The van der Waals surface area contributed by atoms with Crippen LogP contribution in [-0.4, -0.2) is 49.1 Å². The second kappa shape index (κ2) is 9.10. The fourth-order valence-corrected chi connectivity index (χ4v) is 3.39. The monoisotopic (exact) mass is 323 g/mol. The minimum Gasteiger partial charge on any atom is -0.355 e. The Morgan fingerprint density at radius 1 is 1.41 bits per heavy atom. The number of thiazole rings is 1. The molecule has 5 nitrogen and oxygen atoms in total. The fourth-order valence-electron chi connectivity index (χ4n) is 2.59. The van der Waals surface area contributed by atoms with Crippen LogP contribution in [0.4, 0.5) is 0 Å². The minimum atomic E-state index is 0.742. The van der Waals surface area contributed by atoms with Crippen molar-refractivity contribution >= 4 is 17.3 Å². The predicted octanol–water partition coefficient (Wildman–Crippen LogP) is 2.10. The van der Waals surface area contributed by atoms with Crippen LogP contribution in [-0.2, 0) is 13.0 Å². The molecule has 1 aromatic rings. The van der Waals surface area contributed by atoms with Gasteiger partial charge in [-0.1, -0.05) is 13.8 Å². The third-order valence-electron chi connectivity index (χ3n) is 4.18. The molecule has 124 valence electrons. The molecule has 0 aliphatic carbocycles. The van der Waals surface area contributed by atoms with E-state index in [0.717, 1.165) is 42.9 Å². The van der Waals surface area contributed by atoms with E-state index in [1.54, 1.807) is 11.3 Å². The lowest BCUT2D eigenvalue weighted by molar-refractivity contribution is 0.195. The summed E-state index contributed by atoms with van der Waals surface area (Å²) >= 11 is 1.77. The number of aryl methyl sites for hydroxylation is 1. The third kappa shape index (κ3) is 5.57. The number of aromatic nitrogens is 1. The molecule has 6 heteroatoms. The number of hydrogen-bond donors (Lipinski definition) is 2. The highest BCUT2D eigenvalue weighted by molar-refractivity contribution is 7.11. The predicted molar refractivity (Wildman–Crippen MR) is 94.5 cm³/mol. The number of nitrogens with zero attached hydrogens (tertiary/aromatic N) is 3. The van der Waals surface area contributed by atoms with Crippen molar-refractivity contribution in [1.82, 2.24) is 20.5 Å². The summed E-state index contributed by atoms with van der Waals surface area (Å²) in [7, 11) is 1.82. The minimum absolute atomic E-state index is 0.742. The molecule has 0 spiro atoms. The van der Waals surface area contributed by atoms with Crippen molar-refractivity contribution in [3.05, 3.63) is 16.1 Å². The zero-order chi connectivity index (χ0) is 15.8. The Morgan fingerprint density at radius 3 is 2.82 bits per heavy atom. The van der Waals surface area contributed by atoms with Crippen molar-refractivity contribution in [1.29, 1.82) is 0 Å². The lowest BCUT2D eigenvalue weighted by Gasteiger charge is -2.30. The molecular weight excluding hydrogens is 294 g/mol. The van der Waals surface area contributed by atoms with Gasteiger partial charge in [0.2, 0.25) is 0 Å². The molecule has 0 amide bonds. The Kier molecular flexibility index (Phi) is 7.12. The van der Waals surface area contributed by atoms with Gasteiger partial charge >= 0.3 is 0 Å². The first-order valence-corrected chi connectivity index (χ1v) is 9.13. The molecule has 0 aromatic carbocycles. The van der Waals surface area contributed by atoms with Gasteiger partial charge in [0.05, 0.1) is 6.54 Å².